The predicted octanol–water partition coefficient (Wildman–Crippen LogP) is 2.62. The Morgan fingerprint density at radius 2 is 1.60 bits per heavy atom. The normalized spacial score (nSPS) is 17.8. The van der Waals surface area contributed by atoms with E-state index in [0.29, 0.717) is 5.56 Å². The number of hydrogen-bond acceptors (Lipinski definition) is 7. The summed E-state index contributed by atoms with van der Waals surface area (Å²) in [4.78, 5) is 49.4. The molecule has 10 nitrogen and oxygen atoms in total. The molecule has 1 atom stereocenters. The number of morpholine rings is 1. The van der Waals surface area contributed by atoms with Gasteiger partial charge in [0.2, 0.25) is 5.75 Å². The topological polar surface area (TPSA) is 119 Å². The Balaban J connectivity index is 1.29. The number of rotatable bonds is 6. The smallest absolute Gasteiger partial charge is 0.328 e. The monoisotopic (exact) mass is 541 g/mol. The highest BCUT2D eigenvalue weighted by atomic mass is 16.5. The number of nitrogens with zero attached hydrogens (tertiary/aromatic N) is 4. The molecule has 0 bridgehead atoms. The Bertz CT molecular complexity index is 1500. The van der Waals surface area contributed by atoms with Crippen LogP contribution in [0.5, 0.6) is 5.75 Å². The molecule has 3 aromatic rings. The van der Waals surface area contributed by atoms with E-state index in [9.17, 15) is 19.5 Å². The maximum Gasteiger partial charge on any atom is 0.328 e. The molecule has 2 aromatic carbocycles. The standard InChI is InChI=1S/C30H31N5O5/c1-20(2)35-26(29(38)34(30(35)39)18-25-27(36)28(37)32-19-31-25)24-11-9-22(10-12-24)4-3-21-5-7-23(8-6-21)17-33-13-15-40-16-14-33/h5-12,19-20,26,36H,13-18H2,1-2H3,(H,31,32,37). The molecule has 0 aliphatic carbocycles. The Labute approximate surface area is 232 Å². The molecule has 0 spiro atoms. The molecule has 40 heavy (non-hydrogen) atoms. The van der Waals surface area contributed by atoms with Gasteiger partial charge in [-0.25, -0.2) is 9.78 Å². The van der Waals surface area contributed by atoms with E-state index in [2.05, 4.69) is 38.8 Å². The van der Waals surface area contributed by atoms with Crippen LogP contribution in [0.1, 0.15) is 47.8 Å². The quantitative estimate of drug-likeness (QED) is 0.364. The third kappa shape index (κ3) is 5.76. The van der Waals surface area contributed by atoms with Gasteiger partial charge < -0.3 is 19.7 Å². The Morgan fingerprint density at radius 1 is 0.975 bits per heavy atom. The van der Waals surface area contributed by atoms with Gasteiger partial charge in [0.25, 0.3) is 11.5 Å². The van der Waals surface area contributed by atoms with Gasteiger partial charge in [0, 0.05) is 36.8 Å². The van der Waals surface area contributed by atoms with Gasteiger partial charge in [-0.15, -0.1) is 0 Å². The van der Waals surface area contributed by atoms with Crippen molar-refractivity contribution in [2.45, 2.75) is 39.0 Å². The van der Waals surface area contributed by atoms with Crippen molar-refractivity contribution in [3.63, 3.8) is 0 Å². The molecule has 3 amide bonds. The average Bonchev–Trinajstić information content (AvgIpc) is 3.21. The number of aromatic amines is 1. The number of imide groups is 1. The van der Waals surface area contributed by atoms with E-state index in [4.69, 9.17) is 4.74 Å². The first-order chi connectivity index (χ1) is 19.3. The van der Waals surface area contributed by atoms with Crippen molar-refractivity contribution in [3.8, 4) is 17.6 Å². The van der Waals surface area contributed by atoms with Gasteiger partial charge in [0.05, 0.1) is 26.1 Å². The maximum atomic E-state index is 13.4. The summed E-state index contributed by atoms with van der Waals surface area (Å²) in [5, 5.41) is 10.0. The van der Waals surface area contributed by atoms with Crippen molar-refractivity contribution in [1.82, 2.24) is 24.7 Å². The van der Waals surface area contributed by atoms with Crippen molar-refractivity contribution >= 4 is 11.9 Å². The lowest BCUT2D eigenvalue weighted by molar-refractivity contribution is -0.129. The zero-order valence-corrected chi connectivity index (χ0v) is 22.5. The van der Waals surface area contributed by atoms with Crippen molar-refractivity contribution in [2.24, 2.45) is 0 Å². The van der Waals surface area contributed by atoms with Crippen LogP contribution in [0.25, 0.3) is 0 Å². The van der Waals surface area contributed by atoms with E-state index in [0.717, 1.165) is 55.2 Å². The number of H-pyrrole nitrogens is 1. The highest BCUT2D eigenvalue weighted by molar-refractivity contribution is 6.04. The fourth-order valence-electron chi connectivity index (χ4n) is 4.88. The molecule has 2 N–H and O–H groups in total. The molecule has 2 saturated heterocycles. The summed E-state index contributed by atoms with van der Waals surface area (Å²) in [5.74, 6) is 5.29. The van der Waals surface area contributed by atoms with Gasteiger partial charge in [-0.05, 0) is 49.2 Å². The minimum atomic E-state index is -0.836. The van der Waals surface area contributed by atoms with Crippen LogP contribution in [0.3, 0.4) is 0 Å². The number of carbonyl (C=O) groups is 2. The van der Waals surface area contributed by atoms with Crippen LogP contribution in [0.2, 0.25) is 0 Å². The number of nitrogens with one attached hydrogen (secondary N) is 1. The number of amides is 3. The first kappa shape index (κ1) is 27.1. The van der Waals surface area contributed by atoms with Crippen LogP contribution in [0.15, 0.2) is 59.7 Å². The van der Waals surface area contributed by atoms with E-state index in [-0.39, 0.29) is 18.3 Å². The lowest BCUT2D eigenvalue weighted by atomic mass is 10.0. The van der Waals surface area contributed by atoms with E-state index in [1.54, 1.807) is 12.1 Å². The molecule has 3 heterocycles. The molecule has 206 valence electrons. The number of aromatic hydroxyl groups is 1. The summed E-state index contributed by atoms with van der Waals surface area (Å²) in [5.41, 5.74) is 2.79. The molecule has 0 saturated carbocycles. The van der Waals surface area contributed by atoms with Crippen molar-refractivity contribution < 1.29 is 19.4 Å². The first-order valence-electron chi connectivity index (χ1n) is 13.2. The Hall–Kier alpha value is -4.46. The van der Waals surface area contributed by atoms with Crippen LogP contribution in [0.4, 0.5) is 4.79 Å². The summed E-state index contributed by atoms with van der Waals surface area (Å²) in [7, 11) is 0. The predicted molar refractivity (Wildman–Crippen MR) is 147 cm³/mol. The number of aromatic nitrogens is 2. The Morgan fingerprint density at radius 3 is 2.23 bits per heavy atom. The summed E-state index contributed by atoms with van der Waals surface area (Å²) >= 11 is 0. The molecule has 2 fully saturated rings. The minimum absolute atomic E-state index is 0.0467. The second-order valence-electron chi connectivity index (χ2n) is 10.1. The summed E-state index contributed by atoms with van der Waals surface area (Å²) in [6.45, 7) is 7.70. The van der Waals surface area contributed by atoms with Crippen LogP contribution < -0.4 is 5.56 Å². The first-order valence-corrected chi connectivity index (χ1v) is 13.2. The molecule has 5 rings (SSSR count). The fourth-order valence-corrected chi connectivity index (χ4v) is 4.88. The second-order valence-corrected chi connectivity index (χ2v) is 10.1. The lowest BCUT2D eigenvalue weighted by Crippen LogP contribution is -2.37. The molecule has 0 radical (unpaired) electrons. The van der Waals surface area contributed by atoms with Gasteiger partial charge >= 0.3 is 6.03 Å². The lowest BCUT2D eigenvalue weighted by Gasteiger charge is -2.26. The van der Waals surface area contributed by atoms with Crippen LogP contribution in [-0.2, 0) is 22.6 Å². The fraction of sp³-hybridized carbons (Fsp3) is 0.333. The average molecular weight is 542 g/mol. The largest absolute Gasteiger partial charge is 0.502 e. The molecule has 2 aliphatic heterocycles. The van der Waals surface area contributed by atoms with Crippen LogP contribution in [0, 0.1) is 11.8 Å². The van der Waals surface area contributed by atoms with Gasteiger partial charge in [-0.1, -0.05) is 36.1 Å². The van der Waals surface area contributed by atoms with Gasteiger partial charge in [0.1, 0.15) is 11.7 Å². The number of benzene rings is 2. The van der Waals surface area contributed by atoms with Crippen molar-refractivity contribution in [2.75, 3.05) is 26.3 Å². The maximum absolute atomic E-state index is 13.4. The molecule has 10 heteroatoms. The summed E-state index contributed by atoms with van der Waals surface area (Å²) in [6, 6.07) is 13.9. The second kappa shape index (κ2) is 11.7. The van der Waals surface area contributed by atoms with Crippen LogP contribution in [-0.4, -0.2) is 74.1 Å². The van der Waals surface area contributed by atoms with E-state index in [1.807, 2.05) is 38.1 Å². The zero-order chi connectivity index (χ0) is 28.2. The summed E-state index contributed by atoms with van der Waals surface area (Å²) < 4.78 is 5.41. The zero-order valence-electron chi connectivity index (χ0n) is 22.5. The summed E-state index contributed by atoms with van der Waals surface area (Å²) in [6.07, 6.45) is 1.12. The van der Waals surface area contributed by atoms with E-state index >= 15 is 0 Å². The minimum Gasteiger partial charge on any atom is -0.502 e. The number of urea groups is 1. The number of hydrogen-bond donors (Lipinski definition) is 2. The van der Waals surface area contributed by atoms with E-state index in [1.165, 1.54) is 10.5 Å². The number of carbonyl (C=O) groups excluding carboxylic acids is 2. The van der Waals surface area contributed by atoms with Gasteiger partial charge in [0.15, 0.2) is 0 Å². The third-order valence-electron chi connectivity index (χ3n) is 7.04. The van der Waals surface area contributed by atoms with Crippen molar-refractivity contribution in [3.05, 3.63) is 93.2 Å². The highest BCUT2D eigenvalue weighted by Crippen LogP contribution is 2.34. The van der Waals surface area contributed by atoms with Crippen molar-refractivity contribution in [1.29, 1.82) is 0 Å². The van der Waals surface area contributed by atoms with Gasteiger partial charge in [-0.3, -0.25) is 19.4 Å². The van der Waals surface area contributed by atoms with Gasteiger partial charge in [-0.2, -0.15) is 0 Å². The van der Waals surface area contributed by atoms with Crippen LogP contribution >= 0.6 is 0 Å². The SMILES string of the molecule is CC(C)N1C(=O)N(Cc2nc[nH]c(=O)c2O)C(=O)C1c1ccc(C#Cc2ccc(CN3CCOCC3)cc2)cc1. The molecule has 2 aliphatic rings. The molecule has 1 aromatic heterocycles. The molecule has 1 unspecified atom stereocenters. The third-order valence-corrected chi connectivity index (χ3v) is 7.04. The Kier molecular flexibility index (Phi) is 7.96. The molecular weight excluding hydrogens is 510 g/mol. The highest BCUT2D eigenvalue weighted by Gasteiger charge is 2.47. The molecular formula is C30H31N5O5. The number of ether oxygens (including phenoxy) is 1. The van der Waals surface area contributed by atoms with E-state index < -0.39 is 29.3 Å².